The van der Waals surface area contributed by atoms with Crippen LogP contribution in [-0.4, -0.2) is 30.8 Å². The van der Waals surface area contributed by atoms with Crippen LogP contribution in [0.15, 0.2) is 18.3 Å². The molecule has 0 radical (unpaired) electrons. The fraction of sp³-hybridized carbons (Fsp3) is 0.615. The number of hydrogen-bond donors (Lipinski definition) is 1. The van der Waals surface area contributed by atoms with Gasteiger partial charge in [0.05, 0.1) is 0 Å². The van der Waals surface area contributed by atoms with Crippen molar-refractivity contribution in [2.45, 2.75) is 33.0 Å². The first-order chi connectivity index (χ1) is 8.98. The van der Waals surface area contributed by atoms with E-state index in [0.717, 1.165) is 12.1 Å². The summed E-state index contributed by atoms with van der Waals surface area (Å²) in [5.74, 6) is 0.419. The van der Waals surface area contributed by atoms with Crippen molar-refractivity contribution in [3.05, 3.63) is 23.9 Å². The van der Waals surface area contributed by atoms with Crippen LogP contribution in [0.25, 0.3) is 0 Å². The van der Waals surface area contributed by atoms with Gasteiger partial charge in [0, 0.05) is 24.8 Å². The predicted octanol–water partition coefficient (Wildman–Crippen LogP) is 2.97. The lowest BCUT2D eigenvalue weighted by atomic mass is 10.2. The quantitative estimate of drug-likeness (QED) is 0.829. The zero-order valence-electron chi connectivity index (χ0n) is 11.3. The van der Waals surface area contributed by atoms with Gasteiger partial charge in [-0.3, -0.25) is 0 Å². The predicted molar refractivity (Wildman–Crippen MR) is 70.2 cm³/mol. The van der Waals surface area contributed by atoms with Gasteiger partial charge >= 0.3 is 6.18 Å². The van der Waals surface area contributed by atoms with Gasteiger partial charge in [0.2, 0.25) is 0 Å². The van der Waals surface area contributed by atoms with Crippen LogP contribution in [0, 0.1) is 0 Å². The molecule has 0 saturated heterocycles. The molecule has 108 valence electrons. The highest BCUT2D eigenvalue weighted by Gasteiger charge is 2.31. The molecule has 0 fully saturated rings. The van der Waals surface area contributed by atoms with Crippen LogP contribution < -0.4 is 10.2 Å². The number of aromatic nitrogens is 1. The lowest BCUT2D eigenvalue weighted by molar-refractivity contribution is -0.119. The molecule has 1 N–H and O–H groups in total. The van der Waals surface area contributed by atoms with E-state index in [9.17, 15) is 13.2 Å². The Hall–Kier alpha value is -1.30. The van der Waals surface area contributed by atoms with Gasteiger partial charge in [0.25, 0.3) is 0 Å². The van der Waals surface area contributed by atoms with Gasteiger partial charge < -0.3 is 10.2 Å². The number of halogens is 3. The molecule has 0 saturated carbocycles. The summed E-state index contributed by atoms with van der Waals surface area (Å²) < 4.78 is 37.8. The molecule has 0 aromatic carbocycles. The third-order valence-corrected chi connectivity index (χ3v) is 2.60. The van der Waals surface area contributed by atoms with Crippen LogP contribution in [0.5, 0.6) is 0 Å². The fourth-order valence-corrected chi connectivity index (χ4v) is 1.86. The molecule has 1 heterocycles. The Morgan fingerprint density at radius 1 is 1.32 bits per heavy atom. The van der Waals surface area contributed by atoms with Crippen molar-refractivity contribution >= 4 is 5.82 Å². The molecule has 1 aromatic rings. The number of pyridine rings is 1. The molecule has 0 aliphatic heterocycles. The molecule has 6 heteroatoms. The Balaban J connectivity index is 2.94. The van der Waals surface area contributed by atoms with Gasteiger partial charge in [-0.05, 0) is 19.0 Å². The lowest BCUT2D eigenvalue weighted by Gasteiger charge is -2.26. The molecule has 0 aliphatic rings. The summed E-state index contributed by atoms with van der Waals surface area (Å²) in [5, 5.41) is 3.12. The molecule has 0 unspecified atom stereocenters. The Morgan fingerprint density at radius 2 is 2.05 bits per heavy atom. The monoisotopic (exact) mass is 275 g/mol. The van der Waals surface area contributed by atoms with E-state index >= 15 is 0 Å². The van der Waals surface area contributed by atoms with Gasteiger partial charge in [-0.25, -0.2) is 4.98 Å². The molecule has 0 spiro atoms. The maximum Gasteiger partial charge on any atom is 0.405 e. The minimum Gasteiger partial charge on any atom is -0.347 e. The molecule has 1 aromatic heterocycles. The smallest absolute Gasteiger partial charge is 0.347 e. The van der Waals surface area contributed by atoms with Crippen molar-refractivity contribution in [3.8, 4) is 0 Å². The van der Waals surface area contributed by atoms with E-state index in [1.54, 1.807) is 6.07 Å². The van der Waals surface area contributed by atoms with Crippen molar-refractivity contribution in [3.63, 3.8) is 0 Å². The number of anilines is 1. The third kappa shape index (κ3) is 5.46. The highest BCUT2D eigenvalue weighted by molar-refractivity contribution is 5.46. The fourth-order valence-electron chi connectivity index (χ4n) is 1.86. The first-order valence-corrected chi connectivity index (χ1v) is 6.44. The maximum atomic E-state index is 12.6. The molecule has 0 atom stereocenters. The van der Waals surface area contributed by atoms with Crippen LogP contribution in [0.4, 0.5) is 19.0 Å². The second kappa shape index (κ2) is 7.33. The van der Waals surface area contributed by atoms with Crippen LogP contribution in [0.3, 0.4) is 0 Å². The topological polar surface area (TPSA) is 28.2 Å². The summed E-state index contributed by atoms with van der Waals surface area (Å²) >= 11 is 0. The molecule has 1 rings (SSSR count). The Bertz CT molecular complexity index is 380. The second-order valence-electron chi connectivity index (χ2n) is 4.30. The summed E-state index contributed by atoms with van der Waals surface area (Å²) in [6.45, 7) is 4.48. The van der Waals surface area contributed by atoms with Crippen LogP contribution >= 0.6 is 0 Å². The van der Waals surface area contributed by atoms with E-state index in [0.29, 0.717) is 25.3 Å². The SMILES string of the molecule is CCCN(CC(F)(F)F)c1ncccc1CNCC. The van der Waals surface area contributed by atoms with E-state index in [4.69, 9.17) is 0 Å². The molecular weight excluding hydrogens is 255 g/mol. The molecule has 0 aliphatic carbocycles. The first kappa shape index (κ1) is 15.8. The van der Waals surface area contributed by atoms with E-state index in [2.05, 4.69) is 10.3 Å². The summed E-state index contributed by atoms with van der Waals surface area (Å²) in [5.41, 5.74) is 0.794. The number of hydrogen-bond acceptors (Lipinski definition) is 3. The van der Waals surface area contributed by atoms with Gasteiger partial charge in [-0.1, -0.05) is 19.9 Å². The zero-order chi connectivity index (χ0) is 14.3. The average Bonchev–Trinajstić information content (AvgIpc) is 2.34. The Morgan fingerprint density at radius 3 is 2.63 bits per heavy atom. The average molecular weight is 275 g/mol. The van der Waals surface area contributed by atoms with E-state index in [1.165, 1.54) is 11.1 Å². The van der Waals surface area contributed by atoms with Gasteiger partial charge in [0.15, 0.2) is 0 Å². The Labute approximate surface area is 111 Å². The standard InChI is InChI=1S/C13H20F3N3/c1-3-8-19(10-13(14,15)16)12-11(9-17-4-2)6-5-7-18-12/h5-7,17H,3-4,8-10H2,1-2H3. The molecule has 19 heavy (non-hydrogen) atoms. The molecular formula is C13H20F3N3. The van der Waals surface area contributed by atoms with Crippen molar-refractivity contribution in [2.24, 2.45) is 0 Å². The maximum absolute atomic E-state index is 12.6. The number of rotatable bonds is 7. The van der Waals surface area contributed by atoms with Gasteiger partial charge in [-0.15, -0.1) is 0 Å². The third-order valence-electron chi connectivity index (χ3n) is 2.60. The van der Waals surface area contributed by atoms with E-state index in [-0.39, 0.29) is 0 Å². The van der Waals surface area contributed by atoms with Crippen molar-refractivity contribution in [2.75, 3.05) is 24.5 Å². The van der Waals surface area contributed by atoms with E-state index < -0.39 is 12.7 Å². The molecule has 0 amide bonds. The lowest BCUT2D eigenvalue weighted by Crippen LogP contribution is -2.36. The number of alkyl halides is 3. The van der Waals surface area contributed by atoms with Crippen molar-refractivity contribution in [1.82, 2.24) is 10.3 Å². The minimum absolute atomic E-state index is 0.343. The highest BCUT2D eigenvalue weighted by atomic mass is 19.4. The summed E-state index contributed by atoms with van der Waals surface area (Å²) in [4.78, 5) is 5.42. The van der Waals surface area contributed by atoms with Crippen molar-refractivity contribution < 1.29 is 13.2 Å². The normalized spacial score (nSPS) is 11.6. The summed E-state index contributed by atoms with van der Waals surface area (Å²) in [6.07, 6.45) is -2.04. The molecule has 0 bridgehead atoms. The number of nitrogens with zero attached hydrogens (tertiary/aromatic N) is 2. The van der Waals surface area contributed by atoms with E-state index in [1.807, 2.05) is 19.9 Å². The second-order valence-corrected chi connectivity index (χ2v) is 4.30. The largest absolute Gasteiger partial charge is 0.405 e. The molecule has 3 nitrogen and oxygen atoms in total. The highest BCUT2D eigenvalue weighted by Crippen LogP contribution is 2.23. The Kier molecular flexibility index (Phi) is 6.08. The summed E-state index contributed by atoms with van der Waals surface area (Å²) in [7, 11) is 0. The van der Waals surface area contributed by atoms with Gasteiger partial charge in [-0.2, -0.15) is 13.2 Å². The van der Waals surface area contributed by atoms with Crippen molar-refractivity contribution in [1.29, 1.82) is 0 Å². The zero-order valence-corrected chi connectivity index (χ0v) is 11.3. The first-order valence-electron chi connectivity index (χ1n) is 6.44. The van der Waals surface area contributed by atoms with Gasteiger partial charge in [0.1, 0.15) is 12.4 Å². The van der Waals surface area contributed by atoms with Crippen LogP contribution in [-0.2, 0) is 6.54 Å². The van der Waals surface area contributed by atoms with Crippen LogP contribution in [0.1, 0.15) is 25.8 Å². The number of nitrogens with one attached hydrogen (secondary N) is 1. The summed E-state index contributed by atoms with van der Waals surface area (Å²) in [6, 6.07) is 3.55. The minimum atomic E-state index is -4.22. The van der Waals surface area contributed by atoms with Crippen LogP contribution in [0.2, 0.25) is 0 Å².